The van der Waals surface area contributed by atoms with Crippen LogP contribution >= 0.6 is 0 Å². The van der Waals surface area contributed by atoms with E-state index in [1.165, 1.54) is 19.3 Å². The standard InChI is InChI=1S/C20H30N2O2/c1-21(2)20(14-17-8-9-17)10-12-22(13-11-20)19(23)16-24-15-18-6-4-3-5-7-18/h3-7,17H,8-16H2,1-2H3. The van der Waals surface area contributed by atoms with Crippen LogP contribution in [-0.4, -0.2) is 55.0 Å². The van der Waals surface area contributed by atoms with E-state index in [9.17, 15) is 4.79 Å². The molecule has 1 aromatic carbocycles. The highest BCUT2D eigenvalue weighted by molar-refractivity contribution is 5.77. The van der Waals surface area contributed by atoms with Crippen LogP contribution in [0.1, 0.15) is 37.7 Å². The smallest absolute Gasteiger partial charge is 0.248 e. The number of nitrogens with zero attached hydrogens (tertiary/aromatic N) is 2. The number of piperidine rings is 1. The van der Waals surface area contributed by atoms with Crippen molar-refractivity contribution < 1.29 is 9.53 Å². The van der Waals surface area contributed by atoms with Gasteiger partial charge in [-0.3, -0.25) is 4.79 Å². The van der Waals surface area contributed by atoms with Crippen molar-refractivity contribution in [2.75, 3.05) is 33.8 Å². The lowest BCUT2D eigenvalue weighted by atomic mass is 9.81. The Hall–Kier alpha value is -1.39. The van der Waals surface area contributed by atoms with Gasteiger partial charge in [0.05, 0.1) is 6.61 Å². The summed E-state index contributed by atoms with van der Waals surface area (Å²) in [7, 11) is 4.39. The van der Waals surface area contributed by atoms with Gasteiger partial charge in [0.25, 0.3) is 0 Å². The Morgan fingerprint density at radius 1 is 1.21 bits per heavy atom. The van der Waals surface area contributed by atoms with E-state index in [0.717, 1.165) is 37.4 Å². The molecule has 0 spiro atoms. The summed E-state index contributed by atoms with van der Waals surface area (Å²) in [6.45, 7) is 2.41. The number of rotatable bonds is 7. The lowest BCUT2D eigenvalue weighted by Gasteiger charge is -2.46. The predicted octanol–water partition coefficient (Wildman–Crippen LogP) is 2.93. The van der Waals surface area contributed by atoms with Crippen molar-refractivity contribution in [1.82, 2.24) is 9.80 Å². The number of amides is 1. The fraction of sp³-hybridized carbons (Fsp3) is 0.650. The average molecular weight is 330 g/mol. The summed E-state index contributed by atoms with van der Waals surface area (Å²) in [4.78, 5) is 16.8. The molecule has 1 saturated heterocycles. The van der Waals surface area contributed by atoms with E-state index >= 15 is 0 Å². The van der Waals surface area contributed by atoms with Gasteiger partial charge in [-0.05, 0) is 44.8 Å². The summed E-state index contributed by atoms with van der Waals surface area (Å²) in [6.07, 6.45) is 6.26. The van der Waals surface area contributed by atoms with Gasteiger partial charge in [0.15, 0.2) is 0 Å². The highest BCUT2D eigenvalue weighted by Gasteiger charge is 2.41. The second-order valence-corrected chi connectivity index (χ2v) is 7.63. The van der Waals surface area contributed by atoms with Gasteiger partial charge in [-0.2, -0.15) is 0 Å². The Bertz CT molecular complexity index is 532. The van der Waals surface area contributed by atoms with Gasteiger partial charge in [-0.15, -0.1) is 0 Å². The number of carbonyl (C=O) groups is 1. The molecule has 1 heterocycles. The fourth-order valence-corrected chi connectivity index (χ4v) is 3.79. The molecule has 4 heteroatoms. The first-order valence-corrected chi connectivity index (χ1v) is 9.16. The minimum atomic E-state index is 0.129. The molecule has 2 fully saturated rings. The largest absolute Gasteiger partial charge is 0.367 e. The van der Waals surface area contributed by atoms with Crippen molar-refractivity contribution in [1.29, 1.82) is 0 Å². The van der Waals surface area contributed by atoms with E-state index in [4.69, 9.17) is 4.74 Å². The molecule has 0 bridgehead atoms. The summed E-state index contributed by atoms with van der Waals surface area (Å²) in [6, 6.07) is 10.0. The molecule has 1 saturated carbocycles. The number of carbonyl (C=O) groups excluding carboxylic acids is 1. The molecule has 0 N–H and O–H groups in total. The predicted molar refractivity (Wildman–Crippen MR) is 95.7 cm³/mol. The molecule has 2 aliphatic rings. The Balaban J connectivity index is 1.44. The number of benzene rings is 1. The molecule has 1 aliphatic heterocycles. The van der Waals surface area contributed by atoms with Crippen LogP contribution in [-0.2, 0) is 16.1 Å². The molecule has 0 aromatic heterocycles. The van der Waals surface area contributed by atoms with E-state index in [-0.39, 0.29) is 12.5 Å². The van der Waals surface area contributed by atoms with E-state index in [1.54, 1.807) is 0 Å². The maximum absolute atomic E-state index is 12.4. The third-order valence-electron chi connectivity index (χ3n) is 5.70. The van der Waals surface area contributed by atoms with E-state index in [2.05, 4.69) is 19.0 Å². The first-order chi connectivity index (χ1) is 11.6. The summed E-state index contributed by atoms with van der Waals surface area (Å²) in [5, 5.41) is 0. The Morgan fingerprint density at radius 3 is 2.46 bits per heavy atom. The zero-order chi connectivity index (χ0) is 17.0. The van der Waals surface area contributed by atoms with Crippen molar-refractivity contribution in [2.24, 2.45) is 5.92 Å². The second kappa shape index (κ2) is 7.66. The summed E-state index contributed by atoms with van der Waals surface area (Å²) >= 11 is 0. The third-order valence-corrected chi connectivity index (χ3v) is 5.70. The van der Waals surface area contributed by atoms with E-state index in [1.807, 2.05) is 35.2 Å². The first-order valence-electron chi connectivity index (χ1n) is 9.16. The van der Waals surface area contributed by atoms with Gasteiger partial charge >= 0.3 is 0 Å². The second-order valence-electron chi connectivity index (χ2n) is 7.63. The van der Waals surface area contributed by atoms with Gasteiger partial charge in [0.1, 0.15) is 6.61 Å². The molecule has 4 nitrogen and oxygen atoms in total. The van der Waals surface area contributed by atoms with Crippen LogP contribution in [0.15, 0.2) is 30.3 Å². The lowest BCUT2D eigenvalue weighted by molar-refractivity contribution is -0.139. The van der Waals surface area contributed by atoms with Crippen LogP contribution in [0.5, 0.6) is 0 Å². The summed E-state index contributed by atoms with van der Waals surface area (Å²) < 4.78 is 5.61. The first kappa shape index (κ1) is 17.4. The summed E-state index contributed by atoms with van der Waals surface area (Å²) in [5.41, 5.74) is 1.41. The van der Waals surface area contributed by atoms with Gasteiger partial charge < -0.3 is 14.5 Å². The highest BCUT2D eigenvalue weighted by atomic mass is 16.5. The molecule has 0 atom stereocenters. The topological polar surface area (TPSA) is 32.8 Å². The molecule has 3 rings (SSSR count). The van der Waals surface area contributed by atoms with Crippen molar-refractivity contribution in [2.45, 2.75) is 44.2 Å². The van der Waals surface area contributed by atoms with Crippen molar-refractivity contribution in [3.63, 3.8) is 0 Å². The van der Waals surface area contributed by atoms with Crippen molar-refractivity contribution in [3.05, 3.63) is 35.9 Å². The number of likely N-dealkylation sites (tertiary alicyclic amines) is 1. The molecule has 24 heavy (non-hydrogen) atoms. The van der Waals surface area contributed by atoms with E-state index in [0.29, 0.717) is 12.1 Å². The van der Waals surface area contributed by atoms with Gasteiger partial charge in [-0.25, -0.2) is 0 Å². The van der Waals surface area contributed by atoms with Crippen LogP contribution in [0.2, 0.25) is 0 Å². The Morgan fingerprint density at radius 2 is 1.88 bits per heavy atom. The van der Waals surface area contributed by atoms with Crippen LogP contribution in [0.4, 0.5) is 0 Å². The minimum absolute atomic E-state index is 0.129. The maximum atomic E-state index is 12.4. The fourth-order valence-electron chi connectivity index (χ4n) is 3.79. The number of hydrogen-bond donors (Lipinski definition) is 0. The average Bonchev–Trinajstić information content (AvgIpc) is 3.40. The van der Waals surface area contributed by atoms with Crippen molar-refractivity contribution in [3.8, 4) is 0 Å². The Kier molecular flexibility index (Phi) is 5.57. The minimum Gasteiger partial charge on any atom is -0.367 e. The molecular formula is C20H30N2O2. The van der Waals surface area contributed by atoms with Gasteiger partial charge in [0, 0.05) is 18.6 Å². The van der Waals surface area contributed by atoms with Crippen LogP contribution in [0, 0.1) is 5.92 Å². The van der Waals surface area contributed by atoms with Crippen LogP contribution < -0.4 is 0 Å². The number of ether oxygens (including phenoxy) is 1. The zero-order valence-electron chi connectivity index (χ0n) is 15.0. The van der Waals surface area contributed by atoms with Crippen LogP contribution in [0.25, 0.3) is 0 Å². The monoisotopic (exact) mass is 330 g/mol. The summed E-state index contributed by atoms with van der Waals surface area (Å²) in [5.74, 6) is 1.05. The SMILES string of the molecule is CN(C)C1(CC2CC2)CCN(C(=O)COCc2ccccc2)CC1. The number of hydrogen-bond acceptors (Lipinski definition) is 3. The molecule has 1 aromatic rings. The highest BCUT2D eigenvalue weighted by Crippen LogP contribution is 2.42. The zero-order valence-corrected chi connectivity index (χ0v) is 15.0. The Labute approximate surface area is 145 Å². The third kappa shape index (κ3) is 4.37. The molecular weight excluding hydrogens is 300 g/mol. The van der Waals surface area contributed by atoms with E-state index < -0.39 is 0 Å². The van der Waals surface area contributed by atoms with Gasteiger partial charge in [-0.1, -0.05) is 43.2 Å². The molecule has 0 radical (unpaired) electrons. The van der Waals surface area contributed by atoms with Crippen molar-refractivity contribution >= 4 is 5.91 Å². The van der Waals surface area contributed by atoms with Crippen LogP contribution in [0.3, 0.4) is 0 Å². The quantitative estimate of drug-likeness (QED) is 0.771. The maximum Gasteiger partial charge on any atom is 0.248 e. The molecule has 0 unspecified atom stereocenters. The molecule has 132 valence electrons. The molecule has 1 amide bonds. The normalized spacial score (nSPS) is 20.4. The molecule has 1 aliphatic carbocycles. The lowest BCUT2D eigenvalue weighted by Crippen LogP contribution is -2.54. The van der Waals surface area contributed by atoms with Gasteiger partial charge in [0.2, 0.25) is 5.91 Å².